The van der Waals surface area contributed by atoms with Crippen LogP contribution in [0.15, 0.2) is 30.3 Å². The Bertz CT molecular complexity index is 435. The maximum absolute atomic E-state index is 12.0. The summed E-state index contributed by atoms with van der Waals surface area (Å²) >= 11 is 0. The van der Waals surface area contributed by atoms with Crippen molar-refractivity contribution in [2.75, 3.05) is 0 Å². The molecule has 1 aliphatic rings. The van der Waals surface area contributed by atoms with E-state index in [9.17, 15) is 4.79 Å². The van der Waals surface area contributed by atoms with E-state index < -0.39 is 6.10 Å². The Morgan fingerprint density at radius 2 is 1.90 bits per heavy atom. The fourth-order valence-corrected chi connectivity index (χ4v) is 2.70. The van der Waals surface area contributed by atoms with Gasteiger partial charge in [-0.2, -0.15) is 0 Å². The maximum atomic E-state index is 12.0. The van der Waals surface area contributed by atoms with Crippen molar-refractivity contribution in [3.8, 4) is 0 Å². The van der Waals surface area contributed by atoms with Crippen LogP contribution in [0, 0.1) is 5.41 Å². The van der Waals surface area contributed by atoms with Gasteiger partial charge >= 0.3 is 0 Å². The number of hydrogen-bond donors (Lipinski definition) is 2. The number of rotatable bonds is 4. The summed E-state index contributed by atoms with van der Waals surface area (Å²) in [5.74, 6) is 4.99. The Balaban J connectivity index is 2.04. The number of carbonyl (C=O) groups excluding carboxylic acids is 1. The summed E-state index contributed by atoms with van der Waals surface area (Å²) in [5.41, 5.74) is 3.44. The van der Waals surface area contributed by atoms with Crippen LogP contribution in [0.1, 0.15) is 51.2 Å². The summed E-state index contributed by atoms with van der Waals surface area (Å²) < 4.78 is 6.03. The molecule has 1 unspecified atom stereocenters. The van der Waals surface area contributed by atoms with Gasteiger partial charge in [-0.15, -0.1) is 0 Å². The van der Waals surface area contributed by atoms with Crippen molar-refractivity contribution in [1.29, 1.82) is 0 Å². The van der Waals surface area contributed by atoms with E-state index in [1.165, 1.54) is 0 Å². The van der Waals surface area contributed by atoms with E-state index in [2.05, 4.69) is 19.3 Å². The Labute approximate surface area is 120 Å². The van der Waals surface area contributed by atoms with Crippen LogP contribution in [-0.2, 0) is 9.53 Å². The summed E-state index contributed by atoms with van der Waals surface area (Å²) in [6, 6.07) is 9.52. The van der Waals surface area contributed by atoms with E-state index in [0.717, 1.165) is 31.2 Å². The molecule has 0 radical (unpaired) electrons. The van der Waals surface area contributed by atoms with Gasteiger partial charge in [-0.05, 0) is 36.7 Å². The lowest BCUT2D eigenvalue weighted by Crippen LogP contribution is -2.38. The molecule has 1 aliphatic carbocycles. The molecule has 1 aromatic carbocycles. The average Bonchev–Trinajstić information content (AvgIpc) is 2.46. The van der Waals surface area contributed by atoms with Crippen LogP contribution in [0.25, 0.3) is 0 Å². The maximum Gasteiger partial charge on any atom is 0.267 e. The van der Waals surface area contributed by atoms with E-state index in [4.69, 9.17) is 10.6 Å². The molecule has 1 atom stereocenters. The number of hydrazine groups is 1. The molecule has 0 aliphatic heterocycles. The van der Waals surface area contributed by atoms with Gasteiger partial charge in [0.05, 0.1) is 6.10 Å². The van der Waals surface area contributed by atoms with Crippen LogP contribution in [0.4, 0.5) is 0 Å². The third-order valence-electron chi connectivity index (χ3n) is 4.10. The Morgan fingerprint density at radius 1 is 1.30 bits per heavy atom. The number of hydrogen-bond acceptors (Lipinski definition) is 3. The topological polar surface area (TPSA) is 64.3 Å². The SMILES string of the molecule is CC1(C)CCC(OC(C(=O)NN)c2ccccc2)CC1. The molecule has 1 amide bonds. The fraction of sp³-hybridized carbons (Fsp3) is 0.562. The first-order valence-electron chi connectivity index (χ1n) is 7.23. The van der Waals surface area contributed by atoms with Gasteiger partial charge in [0, 0.05) is 0 Å². The van der Waals surface area contributed by atoms with Gasteiger partial charge in [-0.3, -0.25) is 10.2 Å². The molecule has 110 valence electrons. The van der Waals surface area contributed by atoms with Gasteiger partial charge < -0.3 is 4.74 Å². The zero-order valence-electron chi connectivity index (χ0n) is 12.3. The second-order valence-electron chi connectivity index (χ2n) is 6.30. The van der Waals surface area contributed by atoms with Crippen molar-refractivity contribution in [3.63, 3.8) is 0 Å². The highest BCUT2D eigenvalue weighted by Gasteiger charge is 2.31. The average molecular weight is 276 g/mol. The second kappa shape index (κ2) is 6.37. The first-order chi connectivity index (χ1) is 9.52. The van der Waals surface area contributed by atoms with Crippen molar-refractivity contribution in [3.05, 3.63) is 35.9 Å². The number of nitrogens with one attached hydrogen (secondary N) is 1. The molecule has 0 heterocycles. The molecule has 1 saturated carbocycles. The lowest BCUT2D eigenvalue weighted by atomic mass is 9.76. The highest BCUT2D eigenvalue weighted by atomic mass is 16.5. The number of benzene rings is 1. The number of nitrogens with two attached hydrogens (primary N) is 1. The molecule has 1 fully saturated rings. The standard InChI is InChI=1S/C16H24N2O2/c1-16(2)10-8-13(9-11-16)20-14(15(19)18-17)12-6-4-3-5-7-12/h3-7,13-14H,8-11,17H2,1-2H3,(H,18,19). The van der Waals surface area contributed by atoms with E-state index in [1.54, 1.807) is 0 Å². The van der Waals surface area contributed by atoms with Gasteiger partial charge in [-0.25, -0.2) is 5.84 Å². The summed E-state index contributed by atoms with van der Waals surface area (Å²) in [4.78, 5) is 12.0. The smallest absolute Gasteiger partial charge is 0.267 e. The van der Waals surface area contributed by atoms with Crippen LogP contribution in [0.3, 0.4) is 0 Å². The predicted octanol–water partition coefficient (Wildman–Crippen LogP) is 2.70. The molecule has 4 heteroatoms. The second-order valence-corrected chi connectivity index (χ2v) is 6.30. The van der Waals surface area contributed by atoms with E-state index in [-0.39, 0.29) is 12.0 Å². The highest BCUT2D eigenvalue weighted by molar-refractivity contribution is 5.81. The van der Waals surface area contributed by atoms with Gasteiger partial charge in [0.1, 0.15) is 0 Å². The van der Waals surface area contributed by atoms with E-state index in [1.807, 2.05) is 30.3 Å². The minimum atomic E-state index is -0.618. The summed E-state index contributed by atoms with van der Waals surface area (Å²) in [7, 11) is 0. The Kier molecular flexibility index (Phi) is 4.78. The van der Waals surface area contributed by atoms with Crippen molar-refractivity contribution >= 4 is 5.91 Å². The summed E-state index contributed by atoms with van der Waals surface area (Å²) in [5, 5.41) is 0. The van der Waals surface area contributed by atoms with Crippen molar-refractivity contribution < 1.29 is 9.53 Å². The molecule has 1 aromatic rings. The first-order valence-corrected chi connectivity index (χ1v) is 7.23. The molecule has 20 heavy (non-hydrogen) atoms. The van der Waals surface area contributed by atoms with Gasteiger partial charge in [0.2, 0.25) is 0 Å². The molecular formula is C16H24N2O2. The van der Waals surface area contributed by atoms with E-state index >= 15 is 0 Å². The van der Waals surface area contributed by atoms with Crippen LogP contribution in [0.5, 0.6) is 0 Å². The number of amides is 1. The third kappa shape index (κ3) is 3.81. The molecule has 0 spiro atoms. The lowest BCUT2D eigenvalue weighted by molar-refractivity contribution is -0.139. The molecular weight excluding hydrogens is 252 g/mol. The predicted molar refractivity (Wildman–Crippen MR) is 78.6 cm³/mol. The quantitative estimate of drug-likeness (QED) is 0.505. The van der Waals surface area contributed by atoms with Crippen LogP contribution in [-0.4, -0.2) is 12.0 Å². The minimum absolute atomic E-state index is 0.130. The molecule has 0 bridgehead atoms. The molecule has 0 aromatic heterocycles. The summed E-state index contributed by atoms with van der Waals surface area (Å²) in [6.45, 7) is 4.56. The normalized spacial score (nSPS) is 20.4. The highest BCUT2D eigenvalue weighted by Crippen LogP contribution is 2.37. The van der Waals surface area contributed by atoms with Crippen molar-refractivity contribution in [2.45, 2.75) is 51.7 Å². The van der Waals surface area contributed by atoms with Gasteiger partial charge in [-0.1, -0.05) is 44.2 Å². The molecule has 2 rings (SSSR count). The Hall–Kier alpha value is -1.39. The van der Waals surface area contributed by atoms with Crippen molar-refractivity contribution in [1.82, 2.24) is 5.43 Å². The van der Waals surface area contributed by atoms with Crippen LogP contribution in [0.2, 0.25) is 0 Å². The van der Waals surface area contributed by atoms with Gasteiger partial charge in [0.15, 0.2) is 6.10 Å². The fourth-order valence-electron chi connectivity index (χ4n) is 2.70. The lowest BCUT2D eigenvalue weighted by Gasteiger charge is -2.35. The molecule has 4 nitrogen and oxygen atoms in total. The molecule has 3 N–H and O–H groups in total. The minimum Gasteiger partial charge on any atom is -0.360 e. The zero-order chi connectivity index (χ0) is 14.6. The largest absolute Gasteiger partial charge is 0.360 e. The van der Waals surface area contributed by atoms with Crippen LogP contribution >= 0.6 is 0 Å². The van der Waals surface area contributed by atoms with Gasteiger partial charge in [0.25, 0.3) is 5.91 Å². The van der Waals surface area contributed by atoms with Crippen molar-refractivity contribution in [2.24, 2.45) is 11.3 Å². The molecule has 0 saturated heterocycles. The first kappa shape index (κ1) is 15.0. The van der Waals surface area contributed by atoms with Crippen LogP contribution < -0.4 is 11.3 Å². The zero-order valence-corrected chi connectivity index (χ0v) is 12.3. The Morgan fingerprint density at radius 3 is 2.45 bits per heavy atom. The monoisotopic (exact) mass is 276 g/mol. The van der Waals surface area contributed by atoms with E-state index in [0.29, 0.717) is 5.41 Å². The number of carbonyl (C=O) groups is 1. The summed E-state index contributed by atoms with van der Waals surface area (Å²) in [6.07, 6.45) is 3.76. The third-order valence-corrected chi connectivity index (χ3v) is 4.10. The number of ether oxygens (including phenoxy) is 1.